The van der Waals surface area contributed by atoms with Gasteiger partial charge in [-0.3, -0.25) is 4.79 Å². The zero-order valence-corrected chi connectivity index (χ0v) is 11.7. The number of aromatic nitrogens is 3. The van der Waals surface area contributed by atoms with Crippen molar-refractivity contribution in [1.82, 2.24) is 15.0 Å². The molecule has 0 radical (unpaired) electrons. The lowest BCUT2D eigenvalue weighted by Crippen LogP contribution is -2.10. The lowest BCUT2D eigenvalue weighted by Gasteiger charge is -2.11. The molecule has 6 heteroatoms. The first-order valence-electron chi connectivity index (χ1n) is 6.40. The molecule has 0 atom stereocenters. The maximum Gasteiger partial charge on any atom is 0.258 e. The summed E-state index contributed by atoms with van der Waals surface area (Å²) in [5.74, 6) is 0.813. The molecule has 0 amide bonds. The van der Waals surface area contributed by atoms with Crippen LogP contribution in [0.3, 0.4) is 0 Å². The van der Waals surface area contributed by atoms with Crippen molar-refractivity contribution in [3.8, 4) is 16.9 Å². The van der Waals surface area contributed by atoms with Crippen molar-refractivity contribution in [2.45, 2.75) is 0 Å². The van der Waals surface area contributed by atoms with Gasteiger partial charge in [-0.15, -0.1) is 0 Å². The van der Waals surface area contributed by atoms with Gasteiger partial charge in [-0.2, -0.15) is 0 Å². The van der Waals surface area contributed by atoms with Crippen molar-refractivity contribution in [1.29, 1.82) is 0 Å². The Labute approximate surface area is 120 Å². The van der Waals surface area contributed by atoms with Gasteiger partial charge in [0.2, 0.25) is 0 Å². The van der Waals surface area contributed by atoms with Gasteiger partial charge in [0.25, 0.3) is 5.56 Å². The fourth-order valence-corrected chi connectivity index (χ4v) is 2.15. The summed E-state index contributed by atoms with van der Waals surface area (Å²) in [6.07, 6.45) is 2.98. The van der Waals surface area contributed by atoms with E-state index in [-0.39, 0.29) is 11.3 Å². The van der Waals surface area contributed by atoms with Crippen LogP contribution < -0.4 is 10.5 Å². The Hall–Kier alpha value is -2.89. The standard InChI is InChI=1S/C15H14N4O2/c1-19(2)13-4-3-9(7-16-13)10-5-11-14(12(20)6-10)17-8-18-15(11)21/h3-8,20H,1-2H3,(H,17,18,21). The Morgan fingerprint density at radius 3 is 2.62 bits per heavy atom. The number of anilines is 1. The summed E-state index contributed by atoms with van der Waals surface area (Å²) in [7, 11) is 3.82. The number of hydrogen-bond acceptors (Lipinski definition) is 5. The third kappa shape index (κ3) is 2.31. The number of aromatic hydroxyl groups is 1. The molecule has 0 spiro atoms. The number of nitrogens with zero attached hydrogens (tertiary/aromatic N) is 3. The SMILES string of the molecule is CN(C)c1ccc(-c2cc(O)c3nc[nH]c(=O)c3c2)cn1. The van der Waals surface area contributed by atoms with Crippen LogP contribution in [0.1, 0.15) is 0 Å². The molecule has 0 unspecified atom stereocenters. The van der Waals surface area contributed by atoms with E-state index in [1.165, 1.54) is 6.33 Å². The number of pyridine rings is 1. The molecule has 106 valence electrons. The van der Waals surface area contributed by atoms with E-state index in [9.17, 15) is 9.90 Å². The fraction of sp³-hybridized carbons (Fsp3) is 0.133. The fourth-order valence-electron chi connectivity index (χ4n) is 2.15. The molecule has 2 aromatic heterocycles. The molecule has 2 N–H and O–H groups in total. The Morgan fingerprint density at radius 1 is 1.14 bits per heavy atom. The second kappa shape index (κ2) is 4.90. The van der Waals surface area contributed by atoms with Crippen LogP contribution in [0.25, 0.3) is 22.0 Å². The van der Waals surface area contributed by atoms with E-state index in [2.05, 4.69) is 15.0 Å². The average molecular weight is 282 g/mol. The largest absolute Gasteiger partial charge is 0.506 e. The topological polar surface area (TPSA) is 82.1 Å². The Balaban J connectivity index is 2.16. The van der Waals surface area contributed by atoms with Gasteiger partial charge in [0.05, 0.1) is 11.7 Å². The summed E-state index contributed by atoms with van der Waals surface area (Å²) in [6, 6.07) is 7.06. The van der Waals surface area contributed by atoms with Gasteiger partial charge >= 0.3 is 0 Å². The van der Waals surface area contributed by atoms with Crippen LogP contribution in [-0.4, -0.2) is 34.2 Å². The Kier molecular flexibility index (Phi) is 3.06. The Bertz CT molecular complexity index is 854. The molecule has 0 aliphatic carbocycles. The lowest BCUT2D eigenvalue weighted by atomic mass is 10.0. The highest BCUT2D eigenvalue weighted by molar-refractivity contribution is 5.88. The number of benzene rings is 1. The molecule has 0 saturated carbocycles. The van der Waals surface area contributed by atoms with Crippen molar-refractivity contribution in [2.24, 2.45) is 0 Å². The number of rotatable bonds is 2. The van der Waals surface area contributed by atoms with E-state index in [1.807, 2.05) is 31.1 Å². The van der Waals surface area contributed by atoms with E-state index < -0.39 is 0 Å². The number of aromatic amines is 1. The van der Waals surface area contributed by atoms with Gasteiger partial charge in [-0.25, -0.2) is 9.97 Å². The number of H-pyrrole nitrogens is 1. The highest BCUT2D eigenvalue weighted by Gasteiger charge is 2.09. The zero-order valence-electron chi connectivity index (χ0n) is 11.7. The summed E-state index contributed by atoms with van der Waals surface area (Å²) < 4.78 is 0. The van der Waals surface area contributed by atoms with Crippen molar-refractivity contribution in [3.63, 3.8) is 0 Å². The van der Waals surface area contributed by atoms with Crippen LogP contribution in [-0.2, 0) is 0 Å². The molecule has 0 fully saturated rings. The van der Waals surface area contributed by atoms with Crippen molar-refractivity contribution in [3.05, 3.63) is 47.1 Å². The third-order valence-corrected chi connectivity index (χ3v) is 3.26. The molecular weight excluding hydrogens is 268 g/mol. The first-order valence-corrected chi connectivity index (χ1v) is 6.40. The van der Waals surface area contributed by atoms with E-state index in [0.717, 1.165) is 16.9 Å². The molecule has 6 nitrogen and oxygen atoms in total. The first kappa shape index (κ1) is 13.1. The summed E-state index contributed by atoms with van der Waals surface area (Å²) >= 11 is 0. The maximum absolute atomic E-state index is 11.8. The van der Waals surface area contributed by atoms with Gasteiger partial charge in [-0.05, 0) is 29.8 Å². The summed E-state index contributed by atoms with van der Waals surface area (Å²) in [4.78, 5) is 24.5. The smallest absolute Gasteiger partial charge is 0.258 e. The van der Waals surface area contributed by atoms with Gasteiger partial charge in [0, 0.05) is 25.9 Å². The zero-order chi connectivity index (χ0) is 15.0. The maximum atomic E-state index is 11.8. The van der Waals surface area contributed by atoms with Gasteiger partial charge in [0.1, 0.15) is 17.1 Å². The quantitative estimate of drug-likeness (QED) is 0.748. The van der Waals surface area contributed by atoms with Gasteiger partial charge < -0.3 is 15.0 Å². The first-order chi connectivity index (χ1) is 10.1. The molecule has 0 bridgehead atoms. The minimum absolute atomic E-state index is 0.0229. The second-order valence-corrected chi connectivity index (χ2v) is 4.92. The van der Waals surface area contributed by atoms with Crippen LogP contribution in [0.4, 0.5) is 5.82 Å². The lowest BCUT2D eigenvalue weighted by molar-refractivity contribution is 0.480. The van der Waals surface area contributed by atoms with Gasteiger partial charge in [0.15, 0.2) is 0 Å². The normalized spacial score (nSPS) is 10.8. The average Bonchev–Trinajstić information content (AvgIpc) is 2.48. The minimum Gasteiger partial charge on any atom is -0.506 e. The summed E-state index contributed by atoms with van der Waals surface area (Å²) in [5.41, 5.74) is 1.55. The molecule has 1 aromatic carbocycles. The molecule has 2 heterocycles. The van der Waals surface area contributed by atoms with E-state index >= 15 is 0 Å². The number of fused-ring (bicyclic) bond motifs is 1. The van der Waals surface area contributed by atoms with Crippen molar-refractivity contribution < 1.29 is 5.11 Å². The van der Waals surface area contributed by atoms with Crippen molar-refractivity contribution >= 4 is 16.7 Å². The molecule has 3 aromatic rings. The monoisotopic (exact) mass is 282 g/mol. The number of phenols is 1. The van der Waals surface area contributed by atoms with Crippen LogP contribution in [0, 0.1) is 0 Å². The predicted octanol–water partition coefficient (Wildman–Crippen LogP) is 1.76. The van der Waals surface area contributed by atoms with E-state index in [1.54, 1.807) is 18.3 Å². The van der Waals surface area contributed by atoms with E-state index in [0.29, 0.717) is 10.9 Å². The molecular formula is C15H14N4O2. The number of nitrogens with one attached hydrogen (secondary N) is 1. The van der Waals surface area contributed by atoms with Gasteiger partial charge in [-0.1, -0.05) is 0 Å². The van der Waals surface area contributed by atoms with Crippen molar-refractivity contribution in [2.75, 3.05) is 19.0 Å². The highest BCUT2D eigenvalue weighted by atomic mass is 16.3. The molecule has 0 saturated heterocycles. The second-order valence-electron chi connectivity index (χ2n) is 4.92. The minimum atomic E-state index is -0.282. The number of hydrogen-bond donors (Lipinski definition) is 2. The van der Waals surface area contributed by atoms with E-state index in [4.69, 9.17) is 0 Å². The Morgan fingerprint density at radius 2 is 1.95 bits per heavy atom. The number of phenolic OH excluding ortho intramolecular Hbond substituents is 1. The highest BCUT2D eigenvalue weighted by Crippen LogP contribution is 2.29. The molecule has 0 aliphatic rings. The van der Waals surface area contributed by atoms with Crippen LogP contribution in [0.5, 0.6) is 5.75 Å². The van der Waals surface area contributed by atoms with Crippen LogP contribution in [0.2, 0.25) is 0 Å². The third-order valence-electron chi connectivity index (χ3n) is 3.26. The van der Waals surface area contributed by atoms with Crippen LogP contribution in [0.15, 0.2) is 41.6 Å². The molecule has 3 rings (SSSR count). The van der Waals surface area contributed by atoms with Crippen LogP contribution >= 0.6 is 0 Å². The summed E-state index contributed by atoms with van der Waals surface area (Å²) in [5, 5.41) is 10.4. The molecule has 0 aliphatic heterocycles. The predicted molar refractivity (Wildman–Crippen MR) is 81.6 cm³/mol. The molecule has 21 heavy (non-hydrogen) atoms. The summed E-state index contributed by atoms with van der Waals surface area (Å²) in [6.45, 7) is 0.